The van der Waals surface area contributed by atoms with Crippen LogP contribution in [0.25, 0.3) is 0 Å². The molecule has 1 aromatic carbocycles. The van der Waals surface area contributed by atoms with Gasteiger partial charge in [-0.25, -0.2) is 0 Å². The maximum atomic E-state index is 11.9. The molecule has 0 saturated carbocycles. The number of halogens is 3. The van der Waals surface area contributed by atoms with Gasteiger partial charge in [0.2, 0.25) is 0 Å². The molecule has 2 nitrogen and oxygen atoms in total. The van der Waals surface area contributed by atoms with Crippen molar-refractivity contribution in [3.05, 3.63) is 33.3 Å². The Balaban J connectivity index is 2.91. The zero-order valence-corrected chi connectivity index (χ0v) is 12.1. The molecule has 0 aliphatic carbocycles. The van der Waals surface area contributed by atoms with Crippen molar-refractivity contribution in [2.45, 2.75) is 0 Å². The van der Waals surface area contributed by atoms with Gasteiger partial charge in [-0.05, 0) is 18.2 Å². The van der Waals surface area contributed by atoms with Crippen LogP contribution in [0.2, 0.25) is 5.02 Å². The van der Waals surface area contributed by atoms with Crippen molar-refractivity contribution in [1.82, 2.24) is 4.90 Å². The van der Waals surface area contributed by atoms with Gasteiger partial charge in [0.25, 0.3) is 5.91 Å². The van der Waals surface area contributed by atoms with E-state index in [0.29, 0.717) is 17.1 Å². The van der Waals surface area contributed by atoms with Gasteiger partial charge in [-0.3, -0.25) is 4.79 Å². The van der Waals surface area contributed by atoms with Crippen LogP contribution >= 0.6 is 43.5 Å². The maximum absolute atomic E-state index is 11.9. The van der Waals surface area contributed by atoms with Crippen molar-refractivity contribution in [2.75, 3.05) is 18.9 Å². The summed E-state index contributed by atoms with van der Waals surface area (Å²) in [6, 6.07) is 5.25. The molecule has 0 fully saturated rings. The largest absolute Gasteiger partial charge is 0.341 e. The Labute approximate surface area is 111 Å². The van der Waals surface area contributed by atoms with Crippen LogP contribution in [0.5, 0.6) is 0 Å². The minimum Gasteiger partial charge on any atom is -0.341 e. The lowest BCUT2D eigenvalue weighted by atomic mass is 10.2. The molecule has 1 rings (SSSR count). The molecular weight excluding hydrogens is 345 g/mol. The van der Waals surface area contributed by atoms with E-state index in [4.69, 9.17) is 11.6 Å². The Morgan fingerprint density at radius 3 is 2.73 bits per heavy atom. The molecule has 0 heterocycles. The quantitative estimate of drug-likeness (QED) is 0.759. The standard InChI is InChI=1S/C10H10Br2ClNO/c1-14(5-4-11)10(15)8-3-2-7(12)6-9(8)13/h2-3,6H,4-5H2,1H3. The Kier molecular flexibility index (Phi) is 5.09. The van der Waals surface area contributed by atoms with Crippen molar-refractivity contribution in [2.24, 2.45) is 0 Å². The van der Waals surface area contributed by atoms with E-state index in [0.717, 1.165) is 9.80 Å². The Hall–Kier alpha value is -0.0600. The predicted molar refractivity (Wildman–Crippen MR) is 69.9 cm³/mol. The fourth-order valence-electron chi connectivity index (χ4n) is 1.10. The van der Waals surface area contributed by atoms with Crippen molar-refractivity contribution >= 4 is 49.4 Å². The number of carbonyl (C=O) groups excluding carboxylic acids is 1. The highest BCUT2D eigenvalue weighted by Gasteiger charge is 2.14. The molecule has 0 saturated heterocycles. The van der Waals surface area contributed by atoms with E-state index < -0.39 is 0 Å². The molecule has 0 unspecified atom stereocenters. The van der Waals surface area contributed by atoms with Crippen molar-refractivity contribution in [3.8, 4) is 0 Å². The summed E-state index contributed by atoms with van der Waals surface area (Å²) in [7, 11) is 1.75. The van der Waals surface area contributed by atoms with E-state index in [1.165, 1.54) is 0 Å². The number of nitrogens with zero attached hydrogens (tertiary/aromatic N) is 1. The number of rotatable bonds is 3. The topological polar surface area (TPSA) is 20.3 Å². The summed E-state index contributed by atoms with van der Waals surface area (Å²) in [5.41, 5.74) is 0.531. The van der Waals surface area contributed by atoms with Gasteiger partial charge < -0.3 is 4.90 Å². The van der Waals surface area contributed by atoms with E-state index >= 15 is 0 Å². The molecular formula is C10H10Br2ClNO. The van der Waals surface area contributed by atoms with E-state index in [9.17, 15) is 4.79 Å². The number of carbonyl (C=O) groups is 1. The van der Waals surface area contributed by atoms with Gasteiger partial charge in [-0.15, -0.1) is 0 Å². The third kappa shape index (κ3) is 3.47. The fraction of sp³-hybridized carbons (Fsp3) is 0.300. The summed E-state index contributed by atoms with van der Waals surface area (Å²) in [6.45, 7) is 0.658. The van der Waals surface area contributed by atoms with Crippen LogP contribution < -0.4 is 0 Å². The van der Waals surface area contributed by atoms with Gasteiger partial charge in [0.15, 0.2) is 0 Å². The Bertz CT molecular complexity index is 370. The smallest absolute Gasteiger partial charge is 0.255 e. The van der Waals surface area contributed by atoms with Crippen molar-refractivity contribution in [1.29, 1.82) is 0 Å². The molecule has 5 heteroatoms. The molecule has 0 aromatic heterocycles. The second-order valence-corrected chi connectivity index (χ2v) is 5.16. The molecule has 0 bridgehead atoms. The summed E-state index contributed by atoms with van der Waals surface area (Å²) in [5, 5.41) is 1.22. The highest BCUT2D eigenvalue weighted by Crippen LogP contribution is 2.22. The molecule has 0 aliphatic heterocycles. The second-order valence-electron chi connectivity index (χ2n) is 3.04. The van der Waals surface area contributed by atoms with Gasteiger partial charge >= 0.3 is 0 Å². The molecule has 0 aliphatic rings. The minimum atomic E-state index is -0.0630. The lowest BCUT2D eigenvalue weighted by Gasteiger charge is -2.16. The Morgan fingerprint density at radius 2 is 2.20 bits per heavy atom. The van der Waals surface area contributed by atoms with Crippen LogP contribution in [0, 0.1) is 0 Å². The normalized spacial score (nSPS) is 10.1. The monoisotopic (exact) mass is 353 g/mol. The summed E-state index contributed by atoms with van der Waals surface area (Å²) in [6.07, 6.45) is 0. The first-order valence-electron chi connectivity index (χ1n) is 4.32. The first-order valence-corrected chi connectivity index (χ1v) is 6.62. The molecule has 0 radical (unpaired) electrons. The van der Waals surface area contributed by atoms with Gasteiger partial charge in [-0.1, -0.05) is 43.5 Å². The zero-order chi connectivity index (χ0) is 11.4. The summed E-state index contributed by atoms with van der Waals surface area (Å²) in [5.74, 6) is -0.0630. The van der Waals surface area contributed by atoms with Crippen molar-refractivity contribution in [3.63, 3.8) is 0 Å². The predicted octanol–water partition coefficient (Wildman–Crippen LogP) is 3.57. The average Bonchev–Trinajstić information content (AvgIpc) is 2.17. The summed E-state index contributed by atoms with van der Waals surface area (Å²) < 4.78 is 0.868. The summed E-state index contributed by atoms with van der Waals surface area (Å²) in [4.78, 5) is 13.5. The number of amides is 1. The average molecular weight is 355 g/mol. The van der Waals surface area contributed by atoms with E-state index in [2.05, 4.69) is 31.9 Å². The first-order chi connectivity index (χ1) is 7.06. The number of hydrogen-bond acceptors (Lipinski definition) is 1. The summed E-state index contributed by atoms with van der Waals surface area (Å²) >= 11 is 12.6. The molecule has 1 aromatic rings. The van der Waals surface area contributed by atoms with E-state index in [1.807, 2.05) is 0 Å². The SMILES string of the molecule is CN(CCBr)C(=O)c1ccc(Br)cc1Cl. The molecule has 15 heavy (non-hydrogen) atoms. The number of benzene rings is 1. The molecule has 0 N–H and O–H groups in total. The lowest BCUT2D eigenvalue weighted by Crippen LogP contribution is -2.28. The van der Waals surface area contributed by atoms with E-state index in [1.54, 1.807) is 30.1 Å². The third-order valence-electron chi connectivity index (χ3n) is 1.93. The highest BCUT2D eigenvalue weighted by molar-refractivity contribution is 9.10. The lowest BCUT2D eigenvalue weighted by molar-refractivity contribution is 0.0804. The van der Waals surface area contributed by atoms with Crippen molar-refractivity contribution < 1.29 is 4.79 Å². The number of alkyl halides is 1. The van der Waals surface area contributed by atoms with Crippen LogP contribution in [0.15, 0.2) is 22.7 Å². The van der Waals surface area contributed by atoms with Gasteiger partial charge in [0.05, 0.1) is 10.6 Å². The van der Waals surface area contributed by atoms with Crippen LogP contribution in [0.1, 0.15) is 10.4 Å². The number of hydrogen-bond donors (Lipinski definition) is 0. The van der Waals surface area contributed by atoms with Crippen LogP contribution in [0.4, 0.5) is 0 Å². The van der Waals surface area contributed by atoms with E-state index in [-0.39, 0.29) is 5.91 Å². The zero-order valence-electron chi connectivity index (χ0n) is 8.14. The molecule has 82 valence electrons. The van der Waals surface area contributed by atoms with Crippen LogP contribution in [-0.2, 0) is 0 Å². The van der Waals surface area contributed by atoms with Crippen LogP contribution in [-0.4, -0.2) is 29.7 Å². The third-order valence-corrected chi connectivity index (χ3v) is 3.09. The second kappa shape index (κ2) is 5.87. The van der Waals surface area contributed by atoms with Gasteiger partial charge in [-0.2, -0.15) is 0 Å². The van der Waals surface area contributed by atoms with Crippen LogP contribution in [0.3, 0.4) is 0 Å². The molecule has 1 amide bonds. The first kappa shape index (κ1) is 13.0. The minimum absolute atomic E-state index is 0.0630. The fourth-order valence-corrected chi connectivity index (χ4v) is 2.38. The van der Waals surface area contributed by atoms with Gasteiger partial charge in [0, 0.05) is 23.4 Å². The molecule has 0 atom stereocenters. The maximum Gasteiger partial charge on any atom is 0.255 e. The Morgan fingerprint density at radius 1 is 1.53 bits per heavy atom. The highest BCUT2D eigenvalue weighted by atomic mass is 79.9. The molecule has 0 spiro atoms. The van der Waals surface area contributed by atoms with Gasteiger partial charge in [0.1, 0.15) is 0 Å².